The van der Waals surface area contributed by atoms with Gasteiger partial charge in [0.1, 0.15) is 6.04 Å². The third kappa shape index (κ3) is 4.66. The van der Waals surface area contributed by atoms with Crippen molar-refractivity contribution in [2.45, 2.75) is 52.6 Å². The average Bonchev–Trinajstić information content (AvgIpc) is 3.09. The number of aryl methyl sites for hydroxylation is 1. The number of anilines is 1. The van der Waals surface area contributed by atoms with E-state index in [0.717, 1.165) is 5.56 Å². The molecule has 33 heavy (non-hydrogen) atoms. The van der Waals surface area contributed by atoms with Gasteiger partial charge in [0.2, 0.25) is 11.8 Å². The molecule has 8 heteroatoms. The fraction of sp³-hybridized carbons (Fsp3) is 0.560. The molecule has 1 aromatic carbocycles. The monoisotopic (exact) mass is 476 g/mol. The normalized spacial score (nSPS) is 27.3. The Morgan fingerprint density at radius 3 is 2.55 bits per heavy atom. The molecule has 0 spiro atoms. The van der Waals surface area contributed by atoms with Crippen LogP contribution < -0.4 is 5.32 Å². The van der Waals surface area contributed by atoms with E-state index < -0.39 is 35.8 Å². The number of ether oxygens (including phenoxy) is 1. The van der Waals surface area contributed by atoms with Gasteiger partial charge < -0.3 is 20.1 Å². The highest BCUT2D eigenvalue weighted by Crippen LogP contribution is 2.46. The summed E-state index contributed by atoms with van der Waals surface area (Å²) in [5.74, 6) is -3.16. The minimum absolute atomic E-state index is 0.155. The first-order valence-electron chi connectivity index (χ1n) is 11.6. The number of para-hydroxylation sites is 1. The molecular weight excluding hydrogens is 444 g/mol. The van der Waals surface area contributed by atoms with Crippen molar-refractivity contribution < 1.29 is 24.2 Å². The van der Waals surface area contributed by atoms with Gasteiger partial charge in [0.25, 0.3) is 0 Å². The number of carbonyl (C=O) groups is 3. The zero-order valence-electron chi connectivity index (χ0n) is 19.6. The third-order valence-corrected chi connectivity index (χ3v) is 7.21. The van der Waals surface area contributed by atoms with Crippen molar-refractivity contribution in [3.8, 4) is 0 Å². The minimum Gasteiger partial charge on any atom is -0.466 e. The van der Waals surface area contributed by atoms with E-state index in [4.69, 9.17) is 16.3 Å². The second kappa shape index (κ2) is 10.7. The molecule has 3 rings (SSSR count). The van der Waals surface area contributed by atoms with Crippen molar-refractivity contribution in [3.05, 3.63) is 40.9 Å². The molecule has 180 valence electrons. The van der Waals surface area contributed by atoms with Crippen LogP contribution in [0, 0.1) is 30.6 Å². The molecule has 1 fully saturated rings. The summed E-state index contributed by atoms with van der Waals surface area (Å²) in [6, 6.07) is 3.92. The highest BCUT2D eigenvalue weighted by atomic mass is 35.5. The van der Waals surface area contributed by atoms with E-state index in [9.17, 15) is 19.5 Å². The molecule has 2 N–H and O–H groups in total. The van der Waals surface area contributed by atoms with Crippen molar-refractivity contribution in [2.24, 2.45) is 23.7 Å². The van der Waals surface area contributed by atoms with E-state index in [1.807, 2.05) is 39.0 Å². The Labute approximate surface area is 200 Å². The molecule has 0 saturated carbocycles. The summed E-state index contributed by atoms with van der Waals surface area (Å²) in [5.41, 5.74) is 1.29. The Bertz CT molecular complexity index is 909. The van der Waals surface area contributed by atoms with E-state index >= 15 is 0 Å². The summed E-state index contributed by atoms with van der Waals surface area (Å²) in [7, 11) is 0. The first-order chi connectivity index (χ1) is 15.8. The lowest BCUT2D eigenvalue weighted by molar-refractivity contribution is -0.156. The molecule has 1 aromatic rings. The van der Waals surface area contributed by atoms with Gasteiger partial charge in [-0.05, 0) is 44.2 Å². The van der Waals surface area contributed by atoms with Crippen molar-refractivity contribution >= 4 is 35.1 Å². The number of allylic oxidation sites excluding steroid dienone is 1. The molecule has 7 nitrogen and oxygen atoms in total. The molecule has 0 unspecified atom stereocenters. The zero-order valence-corrected chi connectivity index (χ0v) is 20.3. The number of fused-ring (bicyclic) bond motifs is 1. The summed E-state index contributed by atoms with van der Waals surface area (Å²) in [5, 5.41) is 13.3. The highest BCUT2D eigenvalue weighted by Gasteiger charge is 2.58. The Kier molecular flexibility index (Phi) is 8.19. The Hall–Kier alpha value is -2.38. The predicted molar refractivity (Wildman–Crippen MR) is 127 cm³/mol. The second-order valence-electron chi connectivity index (χ2n) is 8.69. The van der Waals surface area contributed by atoms with E-state index in [0.29, 0.717) is 23.6 Å². The SMILES string of the molecule is CCOC(=O)[C@H]1[C@@H]2C(=O)N([C@@H](CC)CO)[C@H](C(=O)Nc3c(C)cccc3Cl)[C@H]2C=C[C@H]1CC. The first kappa shape index (κ1) is 25.2. The van der Waals surface area contributed by atoms with E-state index in [1.54, 1.807) is 19.1 Å². The largest absolute Gasteiger partial charge is 0.466 e. The topological polar surface area (TPSA) is 95.9 Å². The lowest BCUT2D eigenvalue weighted by Gasteiger charge is -2.33. The van der Waals surface area contributed by atoms with Gasteiger partial charge in [0.15, 0.2) is 0 Å². The average molecular weight is 477 g/mol. The van der Waals surface area contributed by atoms with Crippen LogP contribution in [0.25, 0.3) is 0 Å². The van der Waals surface area contributed by atoms with Gasteiger partial charge >= 0.3 is 5.97 Å². The van der Waals surface area contributed by atoms with Crippen LogP contribution in [0.3, 0.4) is 0 Å². The van der Waals surface area contributed by atoms with Gasteiger partial charge in [-0.3, -0.25) is 14.4 Å². The summed E-state index contributed by atoms with van der Waals surface area (Å²) in [6.45, 7) is 7.34. The number of hydrogen-bond acceptors (Lipinski definition) is 5. The number of aliphatic hydroxyl groups excluding tert-OH is 1. The molecule has 1 heterocycles. The molecule has 1 aliphatic carbocycles. The van der Waals surface area contributed by atoms with Gasteiger partial charge in [-0.25, -0.2) is 0 Å². The maximum absolute atomic E-state index is 13.7. The van der Waals surface area contributed by atoms with Crippen molar-refractivity contribution in [1.82, 2.24) is 4.90 Å². The maximum atomic E-state index is 13.7. The van der Waals surface area contributed by atoms with Crippen molar-refractivity contribution in [2.75, 3.05) is 18.5 Å². The summed E-state index contributed by atoms with van der Waals surface area (Å²) in [4.78, 5) is 41.8. The maximum Gasteiger partial charge on any atom is 0.310 e. The molecule has 2 aliphatic rings. The van der Waals surface area contributed by atoms with Crippen LogP contribution in [-0.4, -0.2) is 53.1 Å². The van der Waals surface area contributed by atoms with Crippen LogP contribution in [-0.2, 0) is 19.1 Å². The Morgan fingerprint density at radius 2 is 1.97 bits per heavy atom. The summed E-state index contributed by atoms with van der Waals surface area (Å²) < 4.78 is 5.33. The predicted octanol–water partition coefficient (Wildman–Crippen LogP) is 3.58. The quantitative estimate of drug-likeness (QED) is 0.441. The molecule has 0 bridgehead atoms. The van der Waals surface area contributed by atoms with Crippen LogP contribution in [0.5, 0.6) is 0 Å². The van der Waals surface area contributed by atoms with Gasteiger partial charge in [0.05, 0.1) is 41.8 Å². The number of amides is 2. The number of nitrogens with zero attached hydrogens (tertiary/aromatic N) is 1. The standard InChI is InChI=1S/C25H33ClN2O5/c1-5-15-11-12-17-20(19(15)25(32)33-7-3)24(31)28(16(6-2)13-29)22(17)23(30)27-21-14(4)9-8-10-18(21)26/h8-12,15-17,19-20,22,29H,5-7,13H2,1-4H3,(H,27,30)/t15-,16+,17+,19-,20-,22+/m1/s1. The lowest BCUT2D eigenvalue weighted by Crippen LogP contribution is -2.50. The number of aliphatic hydroxyl groups is 1. The van der Waals surface area contributed by atoms with Crippen LogP contribution in [0.15, 0.2) is 30.4 Å². The summed E-state index contributed by atoms with van der Waals surface area (Å²) in [6.07, 6.45) is 4.96. The molecule has 1 aliphatic heterocycles. The number of esters is 1. The number of nitrogens with one attached hydrogen (secondary N) is 1. The number of rotatable bonds is 8. The van der Waals surface area contributed by atoms with Gasteiger partial charge in [-0.2, -0.15) is 0 Å². The van der Waals surface area contributed by atoms with E-state index in [-0.39, 0.29) is 30.9 Å². The number of halogens is 1. The van der Waals surface area contributed by atoms with Gasteiger partial charge in [-0.15, -0.1) is 0 Å². The van der Waals surface area contributed by atoms with Crippen LogP contribution in [0.1, 0.15) is 39.2 Å². The molecule has 1 saturated heterocycles. The van der Waals surface area contributed by atoms with Crippen molar-refractivity contribution in [1.29, 1.82) is 0 Å². The van der Waals surface area contributed by atoms with Gasteiger partial charge in [0, 0.05) is 5.92 Å². The lowest BCUT2D eigenvalue weighted by atomic mass is 9.69. The molecule has 0 aromatic heterocycles. The molecular formula is C25H33ClN2O5. The minimum atomic E-state index is -0.874. The molecule has 0 radical (unpaired) electrons. The van der Waals surface area contributed by atoms with Crippen LogP contribution in [0.2, 0.25) is 5.02 Å². The van der Waals surface area contributed by atoms with Crippen molar-refractivity contribution in [3.63, 3.8) is 0 Å². The number of likely N-dealkylation sites (tertiary alicyclic amines) is 1. The summed E-state index contributed by atoms with van der Waals surface area (Å²) >= 11 is 6.33. The smallest absolute Gasteiger partial charge is 0.310 e. The van der Waals surface area contributed by atoms with Crippen LogP contribution in [0.4, 0.5) is 5.69 Å². The van der Waals surface area contributed by atoms with E-state index in [2.05, 4.69) is 5.32 Å². The van der Waals surface area contributed by atoms with E-state index in [1.165, 1.54) is 4.90 Å². The Balaban J connectivity index is 2.05. The number of benzene rings is 1. The number of hydrogen-bond donors (Lipinski definition) is 2. The van der Waals surface area contributed by atoms with Crippen LogP contribution >= 0.6 is 11.6 Å². The first-order valence-corrected chi connectivity index (χ1v) is 12.0. The molecule has 2 amide bonds. The third-order valence-electron chi connectivity index (χ3n) is 6.89. The number of carbonyl (C=O) groups excluding carboxylic acids is 3. The molecule has 6 atom stereocenters. The zero-order chi connectivity index (χ0) is 24.3. The fourth-order valence-electron chi connectivity index (χ4n) is 5.19. The second-order valence-corrected chi connectivity index (χ2v) is 9.10. The Morgan fingerprint density at radius 1 is 1.24 bits per heavy atom. The highest BCUT2D eigenvalue weighted by molar-refractivity contribution is 6.34. The fourth-order valence-corrected chi connectivity index (χ4v) is 5.46. The van der Waals surface area contributed by atoms with Gasteiger partial charge in [-0.1, -0.05) is 49.7 Å².